The van der Waals surface area contributed by atoms with Gasteiger partial charge in [-0.2, -0.15) is 10.2 Å². The number of hydrazine groups is 1. The number of fused-ring (bicyclic) bond motifs is 1. The normalized spacial score (nSPS) is 14.3. The second kappa shape index (κ2) is 9.34. The lowest BCUT2D eigenvalue weighted by Crippen LogP contribution is -2.52. The summed E-state index contributed by atoms with van der Waals surface area (Å²) in [5.74, 6) is -1.54. The van der Waals surface area contributed by atoms with Crippen molar-refractivity contribution in [3.8, 4) is 0 Å². The maximum atomic E-state index is 13.9. The molecule has 1 fully saturated rings. The highest BCUT2D eigenvalue weighted by Crippen LogP contribution is 2.23. The van der Waals surface area contributed by atoms with Crippen LogP contribution in [0.2, 0.25) is 0 Å². The van der Waals surface area contributed by atoms with E-state index in [1.54, 1.807) is 29.9 Å². The predicted octanol–water partition coefficient (Wildman–Crippen LogP) is -0.398. The van der Waals surface area contributed by atoms with Gasteiger partial charge in [-0.1, -0.05) is 0 Å². The highest BCUT2D eigenvalue weighted by molar-refractivity contribution is 6.12. The van der Waals surface area contributed by atoms with Crippen molar-refractivity contribution in [1.29, 1.82) is 0 Å². The number of pyridine rings is 1. The average molecular weight is 456 g/mol. The summed E-state index contributed by atoms with van der Waals surface area (Å²) in [6, 6.07) is 3.48. The number of carbonyl (C=O) groups excluding carboxylic acids is 3. The number of ether oxygens (including phenoxy) is 2. The van der Waals surface area contributed by atoms with Crippen LogP contribution in [-0.4, -0.2) is 99.1 Å². The van der Waals surface area contributed by atoms with E-state index < -0.39 is 17.8 Å². The zero-order valence-electron chi connectivity index (χ0n) is 18.5. The van der Waals surface area contributed by atoms with E-state index in [0.29, 0.717) is 37.6 Å². The van der Waals surface area contributed by atoms with Crippen LogP contribution in [0.25, 0.3) is 5.65 Å². The number of aromatic nitrogens is 5. The van der Waals surface area contributed by atoms with E-state index in [9.17, 15) is 14.4 Å². The Morgan fingerprint density at radius 2 is 1.94 bits per heavy atom. The Kier molecular flexibility index (Phi) is 6.33. The number of nitrogens with zero attached hydrogens (tertiary/aromatic N) is 8. The molecule has 33 heavy (non-hydrogen) atoms. The van der Waals surface area contributed by atoms with Gasteiger partial charge in [0.25, 0.3) is 11.8 Å². The number of esters is 1. The lowest BCUT2D eigenvalue weighted by Gasteiger charge is -2.37. The molecule has 0 aromatic carbocycles. The molecule has 0 unspecified atom stereocenters. The summed E-state index contributed by atoms with van der Waals surface area (Å²) in [5.41, 5.74) is 1.29. The third-order valence-electron chi connectivity index (χ3n) is 5.28. The maximum Gasteiger partial charge on any atom is 0.325 e. The summed E-state index contributed by atoms with van der Waals surface area (Å²) < 4.78 is 13.0. The standard InChI is InChI=1S/C20H24N8O5/c1-24(12-17(29)32-3)19(30)15-11-22-25(2)18(15)20(31)28(26-6-8-33-9-7-26)14-4-5-27-16(10-14)21-13-23-27/h4-5,10-11,13H,6-9,12H2,1-3H3. The maximum absolute atomic E-state index is 13.9. The molecule has 0 radical (unpaired) electrons. The van der Waals surface area contributed by atoms with Gasteiger partial charge in [0.2, 0.25) is 0 Å². The fraction of sp³-hybridized carbons (Fsp3) is 0.400. The molecule has 0 N–H and O–H groups in total. The Bertz CT molecular complexity index is 1180. The Morgan fingerprint density at radius 3 is 2.67 bits per heavy atom. The number of hydrogen-bond acceptors (Lipinski definition) is 9. The van der Waals surface area contributed by atoms with Crippen molar-refractivity contribution in [2.75, 3.05) is 52.0 Å². The summed E-state index contributed by atoms with van der Waals surface area (Å²) in [7, 11) is 4.29. The van der Waals surface area contributed by atoms with E-state index in [0.717, 1.165) is 0 Å². The molecule has 1 aliphatic heterocycles. The van der Waals surface area contributed by atoms with E-state index in [-0.39, 0.29) is 17.8 Å². The van der Waals surface area contributed by atoms with Gasteiger partial charge >= 0.3 is 5.97 Å². The molecule has 1 aliphatic rings. The number of hydrogen-bond donors (Lipinski definition) is 0. The molecular formula is C20H24N8O5. The molecule has 0 spiro atoms. The first-order valence-electron chi connectivity index (χ1n) is 10.2. The summed E-state index contributed by atoms with van der Waals surface area (Å²) in [6.45, 7) is 1.61. The highest BCUT2D eigenvalue weighted by atomic mass is 16.5. The SMILES string of the molecule is COC(=O)CN(C)C(=O)c1cnn(C)c1C(=O)N(c1ccn2ncnc2c1)N1CCOCC1. The first-order chi connectivity index (χ1) is 15.9. The first kappa shape index (κ1) is 22.4. The molecular weight excluding hydrogens is 432 g/mol. The molecule has 3 aromatic heterocycles. The third-order valence-corrected chi connectivity index (χ3v) is 5.28. The lowest BCUT2D eigenvalue weighted by molar-refractivity contribution is -0.141. The van der Waals surface area contributed by atoms with Gasteiger partial charge in [-0.25, -0.2) is 19.5 Å². The van der Waals surface area contributed by atoms with E-state index in [2.05, 4.69) is 19.9 Å². The van der Waals surface area contributed by atoms with E-state index in [4.69, 9.17) is 4.74 Å². The average Bonchev–Trinajstić information content (AvgIpc) is 3.45. The van der Waals surface area contributed by atoms with Crippen LogP contribution in [0.5, 0.6) is 0 Å². The van der Waals surface area contributed by atoms with Crippen LogP contribution in [0, 0.1) is 0 Å². The molecule has 13 heteroatoms. The van der Waals surface area contributed by atoms with Crippen molar-refractivity contribution in [2.45, 2.75) is 0 Å². The first-order valence-corrected chi connectivity index (χ1v) is 10.2. The van der Waals surface area contributed by atoms with Crippen LogP contribution in [-0.2, 0) is 21.3 Å². The summed E-state index contributed by atoms with van der Waals surface area (Å²) >= 11 is 0. The minimum atomic E-state index is -0.570. The number of anilines is 1. The lowest BCUT2D eigenvalue weighted by atomic mass is 10.2. The number of rotatable bonds is 6. The number of carbonyl (C=O) groups is 3. The molecule has 0 atom stereocenters. The summed E-state index contributed by atoms with van der Waals surface area (Å²) in [4.78, 5) is 44.0. The number of morpholine rings is 1. The fourth-order valence-electron chi connectivity index (χ4n) is 3.58. The zero-order valence-corrected chi connectivity index (χ0v) is 18.5. The quantitative estimate of drug-likeness (QED) is 0.455. The molecule has 13 nitrogen and oxygen atoms in total. The summed E-state index contributed by atoms with van der Waals surface area (Å²) in [6.07, 6.45) is 4.45. The Morgan fingerprint density at radius 1 is 1.18 bits per heavy atom. The van der Waals surface area contributed by atoms with Crippen molar-refractivity contribution in [2.24, 2.45) is 7.05 Å². The molecule has 4 heterocycles. The fourth-order valence-corrected chi connectivity index (χ4v) is 3.58. The van der Waals surface area contributed by atoms with Gasteiger partial charge in [0.05, 0.1) is 37.8 Å². The van der Waals surface area contributed by atoms with Gasteiger partial charge in [0.15, 0.2) is 5.65 Å². The Hall–Kier alpha value is -3.84. The van der Waals surface area contributed by atoms with Gasteiger partial charge in [-0.3, -0.25) is 19.1 Å². The highest BCUT2D eigenvalue weighted by Gasteiger charge is 2.33. The number of likely N-dealkylation sites (N-methyl/N-ethyl adjacent to an activating group) is 1. The Balaban J connectivity index is 1.73. The molecule has 0 bridgehead atoms. The molecule has 4 rings (SSSR count). The topological polar surface area (TPSA) is 127 Å². The van der Waals surface area contributed by atoms with Crippen LogP contribution in [0.1, 0.15) is 20.8 Å². The van der Waals surface area contributed by atoms with Crippen LogP contribution in [0.3, 0.4) is 0 Å². The number of methoxy groups -OCH3 is 1. The predicted molar refractivity (Wildman–Crippen MR) is 114 cm³/mol. The smallest absolute Gasteiger partial charge is 0.325 e. The molecule has 3 aromatic rings. The second-order valence-corrected chi connectivity index (χ2v) is 7.40. The summed E-state index contributed by atoms with van der Waals surface area (Å²) in [5, 5.41) is 11.6. The largest absolute Gasteiger partial charge is 0.468 e. The van der Waals surface area contributed by atoms with Crippen molar-refractivity contribution >= 4 is 29.1 Å². The minimum absolute atomic E-state index is 0.0794. The third kappa shape index (κ3) is 4.40. The van der Waals surface area contributed by atoms with Gasteiger partial charge < -0.3 is 14.4 Å². The van der Waals surface area contributed by atoms with Crippen LogP contribution in [0.4, 0.5) is 5.69 Å². The van der Waals surface area contributed by atoms with Crippen molar-refractivity contribution < 1.29 is 23.9 Å². The van der Waals surface area contributed by atoms with Crippen molar-refractivity contribution in [3.63, 3.8) is 0 Å². The van der Waals surface area contributed by atoms with Crippen molar-refractivity contribution in [3.05, 3.63) is 42.1 Å². The number of aryl methyl sites for hydroxylation is 1. The molecule has 1 saturated heterocycles. The van der Waals surface area contributed by atoms with E-state index >= 15 is 0 Å². The monoisotopic (exact) mass is 456 g/mol. The second-order valence-electron chi connectivity index (χ2n) is 7.40. The zero-order chi connectivity index (χ0) is 23.5. The Labute approximate surface area is 189 Å². The van der Waals surface area contributed by atoms with Gasteiger partial charge in [-0.05, 0) is 6.07 Å². The van der Waals surface area contributed by atoms with E-state index in [1.165, 1.54) is 41.3 Å². The number of amides is 2. The molecule has 0 aliphatic carbocycles. The van der Waals surface area contributed by atoms with Gasteiger partial charge in [0.1, 0.15) is 18.6 Å². The van der Waals surface area contributed by atoms with Gasteiger partial charge in [0, 0.05) is 39.4 Å². The van der Waals surface area contributed by atoms with Crippen molar-refractivity contribution in [1.82, 2.24) is 34.3 Å². The van der Waals surface area contributed by atoms with Gasteiger partial charge in [-0.15, -0.1) is 0 Å². The molecule has 0 saturated carbocycles. The van der Waals surface area contributed by atoms with Crippen LogP contribution in [0.15, 0.2) is 30.9 Å². The van der Waals surface area contributed by atoms with E-state index in [1.807, 2.05) is 5.01 Å². The molecule has 2 amide bonds. The minimum Gasteiger partial charge on any atom is -0.468 e. The van der Waals surface area contributed by atoms with Crippen LogP contribution >= 0.6 is 0 Å². The van der Waals surface area contributed by atoms with Crippen LogP contribution < -0.4 is 5.01 Å². The molecule has 174 valence electrons.